The second-order valence-electron chi connectivity index (χ2n) is 9.45. The smallest absolute Gasteiger partial charge is 0.319 e. The minimum atomic E-state index is -1.16. The zero-order valence-electron chi connectivity index (χ0n) is 18.0. The summed E-state index contributed by atoms with van der Waals surface area (Å²) in [5, 5.41) is 10.8. The largest absolute Gasteiger partial charge is 0.461 e. The molecule has 5 rings (SSSR count). The summed E-state index contributed by atoms with van der Waals surface area (Å²) in [5.74, 6) is -1.30. The molecule has 2 aromatic rings. The first-order valence-corrected chi connectivity index (χ1v) is 11.0. The minimum Gasteiger partial charge on any atom is -0.461 e. The van der Waals surface area contributed by atoms with Crippen molar-refractivity contribution in [2.45, 2.75) is 43.5 Å². The Morgan fingerprint density at radius 1 is 1.28 bits per heavy atom. The number of alkyl halides is 1. The molecular weight excluding hydrogens is 425 g/mol. The first-order chi connectivity index (χ1) is 15.2. The van der Waals surface area contributed by atoms with Crippen LogP contribution in [0.1, 0.15) is 26.2 Å². The Balaban J connectivity index is 1.51. The third kappa shape index (κ3) is 3.99. The molecule has 1 aromatic carbocycles. The molecule has 1 N–H and O–H groups in total. The van der Waals surface area contributed by atoms with Crippen molar-refractivity contribution in [3.05, 3.63) is 23.8 Å². The number of rotatable bonds is 4. The van der Waals surface area contributed by atoms with Crippen LogP contribution in [0, 0.1) is 11.6 Å². The van der Waals surface area contributed by atoms with Gasteiger partial charge in [-0.2, -0.15) is 9.97 Å². The lowest BCUT2D eigenvalue weighted by Gasteiger charge is -2.31. The summed E-state index contributed by atoms with van der Waals surface area (Å²) >= 11 is 0. The van der Waals surface area contributed by atoms with Crippen LogP contribution in [0.25, 0.3) is 10.9 Å². The standard InChI is InChI=1S/C22H27F3N4O3/c1-21(30)11-28(5-6-31-12-21)19-16-7-14(23)8-17(25)18(16)26-20(27-19)32-13-22-3-2-4-29(22)10-15(24)9-22/h7-8,15,30H,2-6,9-13H2,1H3/t15-,21?,22+/m1/s1. The maximum Gasteiger partial charge on any atom is 0.319 e. The summed E-state index contributed by atoms with van der Waals surface area (Å²) in [5.41, 5.74) is -1.63. The van der Waals surface area contributed by atoms with Gasteiger partial charge in [-0.3, -0.25) is 4.90 Å². The van der Waals surface area contributed by atoms with Crippen LogP contribution < -0.4 is 9.64 Å². The van der Waals surface area contributed by atoms with Gasteiger partial charge in [0.1, 0.15) is 35.5 Å². The van der Waals surface area contributed by atoms with Crippen molar-refractivity contribution < 1.29 is 27.8 Å². The van der Waals surface area contributed by atoms with Crippen molar-refractivity contribution in [1.29, 1.82) is 0 Å². The van der Waals surface area contributed by atoms with E-state index in [1.807, 2.05) is 0 Å². The first kappa shape index (κ1) is 21.7. The van der Waals surface area contributed by atoms with E-state index in [4.69, 9.17) is 9.47 Å². The lowest BCUT2D eigenvalue weighted by molar-refractivity contribution is -0.0123. The SMILES string of the molecule is CC1(O)COCCN(c2nc(OC[C@@]34CCCN3C[C@H](F)C4)nc3c(F)cc(F)cc23)C1. The van der Waals surface area contributed by atoms with Crippen molar-refractivity contribution in [3.63, 3.8) is 0 Å². The van der Waals surface area contributed by atoms with E-state index in [0.29, 0.717) is 26.1 Å². The van der Waals surface area contributed by atoms with Gasteiger partial charge in [-0.1, -0.05) is 0 Å². The number of halogens is 3. The fraction of sp³-hybridized carbons (Fsp3) is 0.636. The molecule has 1 unspecified atom stereocenters. The lowest BCUT2D eigenvalue weighted by atomic mass is 9.95. The van der Waals surface area contributed by atoms with Gasteiger partial charge in [0.25, 0.3) is 0 Å². The van der Waals surface area contributed by atoms with Crippen molar-refractivity contribution in [1.82, 2.24) is 14.9 Å². The molecule has 0 saturated carbocycles. The van der Waals surface area contributed by atoms with Crippen LogP contribution in [0.4, 0.5) is 19.0 Å². The highest BCUT2D eigenvalue weighted by Gasteiger charge is 2.49. The molecule has 3 aliphatic heterocycles. The topological polar surface area (TPSA) is 71.0 Å². The molecule has 3 aliphatic rings. The monoisotopic (exact) mass is 452 g/mol. The van der Waals surface area contributed by atoms with Gasteiger partial charge in [-0.15, -0.1) is 0 Å². The van der Waals surface area contributed by atoms with Gasteiger partial charge in [0, 0.05) is 31.0 Å². The fourth-order valence-electron chi connectivity index (χ4n) is 5.26. The second-order valence-corrected chi connectivity index (χ2v) is 9.45. The molecule has 10 heteroatoms. The molecular formula is C22H27F3N4O3. The minimum absolute atomic E-state index is 0.0497. The van der Waals surface area contributed by atoms with Gasteiger partial charge in [-0.25, -0.2) is 13.2 Å². The van der Waals surface area contributed by atoms with Gasteiger partial charge < -0.3 is 19.5 Å². The first-order valence-electron chi connectivity index (χ1n) is 11.0. The Bertz CT molecular complexity index is 1020. The summed E-state index contributed by atoms with van der Waals surface area (Å²) in [6.07, 6.45) is 1.28. The van der Waals surface area contributed by atoms with Gasteiger partial charge in [0.05, 0.1) is 25.3 Å². The van der Waals surface area contributed by atoms with E-state index >= 15 is 0 Å². The number of β-amino-alcohol motifs (C(OH)–C–C–N with tert-alkyl or cyclic N) is 1. The van der Waals surface area contributed by atoms with E-state index in [1.165, 1.54) is 6.07 Å². The normalized spacial score (nSPS) is 31.2. The average Bonchev–Trinajstić information content (AvgIpc) is 3.17. The molecule has 1 aromatic heterocycles. The molecule has 0 bridgehead atoms. The highest BCUT2D eigenvalue weighted by atomic mass is 19.1. The quantitative estimate of drug-likeness (QED) is 0.764. The highest BCUT2D eigenvalue weighted by Crippen LogP contribution is 2.40. The van der Waals surface area contributed by atoms with Crippen LogP contribution in [0.5, 0.6) is 6.01 Å². The van der Waals surface area contributed by atoms with E-state index in [9.17, 15) is 18.3 Å². The molecule has 0 radical (unpaired) electrons. The lowest BCUT2D eigenvalue weighted by Crippen LogP contribution is -2.44. The summed E-state index contributed by atoms with van der Waals surface area (Å²) in [7, 11) is 0. The Labute approximate surface area is 184 Å². The number of ether oxygens (including phenoxy) is 2. The molecule has 3 saturated heterocycles. The Kier molecular flexibility index (Phi) is 5.42. The summed E-state index contributed by atoms with van der Waals surface area (Å²) in [6, 6.07) is 1.90. The van der Waals surface area contributed by atoms with Crippen LogP contribution >= 0.6 is 0 Å². The maximum absolute atomic E-state index is 14.7. The Hall–Kier alpha value is -2.17. The molecule has 0 spiro atoms. The molecule has 174 valence electrons. The molecule has 3 atom stereocenters. The number of aliphatic hydroxyl groups is 1. The summed E-state index contributed by atoms with van der Waals surface area (Å²) in [4.78, 5) is 12.5. The van der Waals surface area contributed by atoms with E-state index in [0.717, 1.165) is 25.5 Å². The van der Waals surface area contributed by atoms with E-state index in [1.54, 1.807) is 11.8 Å². The zero-order valence-corrected chi connectivity index (χ0v) is 18.0. The Morgan fingerprint density at radius 2 is 2.12 bits per heavy atom. The predicted octanol–water partition coefficient (Wildman–Crippen LogP) is 2.45. The van der Waals surface area contributed by atoms with Crippen LogP contribution in [0.3, 0.4) is 0 Å². The van der Waals surface area contributed by atoms with E-state index in [2.05, 4.69) is 14.9 Å². The third-order valence-electron chi connectivity index (χ3n) is 6.66. The third-order valence-corrected chi connectivity index (χ3v) is 6.66. The zero-order chi connectivity index (χ0) is 22.5. The van der Waals surface area contributed by atoms with Crippen LogP contribution in [0.15, 0.2) is 12.1 Å². The summed E-state index contributed by atoms with van der Waals surface area (Å²) in [6.45, 7) is 4.05. The van der Waals surface area contributed by atoms with Crippen molar-refractivity contribution >= 4 is 16.7 Å². The second kappa shape index (κ2) is 8.00. The molecule has 0 amide bonds. The molecule has 4 heterocycles. The number of hydrogen-bond acceptors (Lipinski definition) is 7. The number of anilines is 1. The van der Waals surface area contributed by atoms with E-state index < -0.39 is 28.9 Å². The van der Waals surface area contributed by atoms with Crippen LogP contribution in [0.2, 0.25) is 0 Å². The van der Waals surface area contributed by atoms with Crippen LogP contribution in [-0.2, 0) is 4.74 Å². The molecule has 0 aliphatic carbocycles. The maximum atomic E-state index is 14.7. The highest BCUT2D eigenvalue weighted by molar-refractivity contribution is 5.90. The van der Waals surface area contributed by atoms with Gasteiger partial charge in [0.15, 0.2) is 5.82 Å². The van der Waals surface area contributed by atoms with Crippen molar-refractivity contribution in [3.8, 4) is 6.01 Å². The number of benzene rings is 1. The Morgan fingerprint density at radius 3 is 2.97 bits per heavy atom. The van der Waals surface area contributed by atoms with Gasteiger partial charge in [-0.05, 0) is 32.4 Å². The van der Waals surface area contributed by atoms with Crippen molar-refractivity contribution in [2.75, 3.05) is 50.9 Å². The number of nitrogens with zero attached hydrogens (tertiary/aromatic N) is 4. The van der Waals surface area contributed by atoms with Gasteiger partial charge in [0.2, 0.25) is 0 Å². The molecule has 3 fully saturated rings. The molecule has 7 nitrogen and oxygen atoms in total. The van der Waals surface area contributed by atoms with Gasteiger partial charge >= 0.3 is 6.01 Å². The number of fused-ring (bicyclic) bond motifs is 2. The van der Waals surface area contributed by atoms with Crippen LogP contribution in [-0.4, -0.2) is 83.3 Å². The average molecular weight is 452 g/mol. The number of hydrogen-bond donors (Lipinski definition) is 1. The fourth-order valence-corrected chi connectivity index (χ4v) is 5.26. The van der Waals surface area contributed by atoms with E-state index in [-0.39, 0.29) is 42.5 Å². The molecule has 32 heavy (non-hydrogen) atoms. The van der Waals surface area contributed by atoms with Crippen molar-refractivity contribution in [2.24, 2.45) is 0 Å². The number of aromatic nitrogens is 2. The predicted molar refractivity (Wildman–Crippen MR) is 112 cm³/mol. The summed E-state index contributed by atoms with van der Waals surface area (Å²) < 4.78 is 54.2.